The molecule has 3 aromatic carbocycles. The average molecular weight is 531 g/mol. The molecule has 0 bridgehead atoms. The molecular weight excluding hydrogens is 507 g/mol. The van der Waals surface area contributed by atoms with Gasteiger partial charge in [0.15, 0.2) is 16.7 Å². The Bertz CT molecular complexity index is 1580. The fourth-order valence-electron chi connectivity index (χ4n) is 3.91. The van der Waals surface area contributed by atoms with E-state index in [2.05, 4.69) is 33.2 Å². The van der Waals surface area contributed by atoms with Crippen molar-refractivity contribution in [3.8, 4) is 22.2 Å². The highest BCUT2D eigenvalue weighted by Gasteiger charge is 2.15. The molecule has 0 spiro atoms. The van der Waals surface area contributed by atoms with Gasteiger partial charge in [0, 0.05) is 30.7 Å². The summed E-state index contributed by atoms with van der Waals surface area (Å²) < 4.78 is 23.9. The molecule has 6 nitrogen and oxygen atoms in total. The predicted octanol–water partition coefficient (Wildman–Crippen LogP) is 6.77. The molecule has 0 aliphatic heterocycles. The number of aromatic nitrogens is 2. The summed E-state index contributed by atoms with van der Waals surface area (Å²) in [7, 11) is 0. The third-order valence-electron chi connectivity index (χ3n) is 5.65. The van der Waals surface area contributed by atoms with E-state index in [9.17, 15) is 9.18 Å². The number of thiocarbonyl (C=S) groups is 1. The number of thiophene rings is 1. The van der Waals surface area contributed by atoms with Gasteiger partial charge in [-0.05, 0) is 54.4 Å². The van der Waals surface area contributed by atoms with Gasteiger partial charge in [-0.2, -0.15) is 0 Å². The molecule has 5 rings (SSSR count). The molecule has 0 saturated heterocycles. The molecule has 0 unspecified atom stereocenters. The topological polar surface area (TPSA) is 68.2 Å². The lowest BCUT2D eigenvalue weighted by Crippen LogP contribution is -2.35. The molecule has 1 amide bonds. The van der Waals surface area contributed by atoms with Crippen molar-refractivity contribution in [2.45, 2.75) is 19.9 Å². The lowest BCUT2D eigenvalue weighted by molar-refractivity contribution is -0.119. The normalized spacial score (nSPS) is 10.9. The van der Waals surface area contributed by atoms with Crippen LogP contribution < -0.4 is 15.4 Å². The van der Waals surface area contributed by atoms with E-state index in [4.69, 9.17) is 17.0 Å². The number of halogens is 1. The zero-order valence-electron chi connectivity index (χ0n) is 19.9. The summed E-state index contributed by atoms with van der Waals surface area (Å²) in [4.78, 5) is 17.7. The second-order valence-corrected chi connectivity index (χ2v) is 9.69. The Hall–Kier alpha value is -4.08. The van der Waals surface area contributed by atoms with Gasteiger partial charge in [0.25, 0.3) is 0 Å². The van der Waals surface area contributed by atoms with E-state index in [0.717, 1.165) is 32.9 Å². The van der Waals surface area contributed by atoms with Crippen molar-refractivity contribution in [3.05, 3.63) is 96.6 Å². The number of nitrogens with zero attached hydrogens (tertiary/aromatic N) is 2. The molecule has 37 heavy (non-hydrogen) atoms. The zero-order valence-corrected chi connectivity index (χ0v) is 21.5. The van der Waals surface area contributed by atoms with Crippen LogP contribution in [0.3, 0.4) is 0 Å². The monoisotopic (exact) mass is 530 g/mol. The van der Waals surface area contributed by atoms with Crippen LogP contribution in [0.15, 0.2) is 85.2 Å². The van der Waals surface area contributed by atoms with Crippen molar-refractivity contribution < 1.29 is 13.9 Å². The van der Waals surface area contributed by atoms with Crippen molar-refractivity contribution in [2.24, 2.45) is 0 Å². The highest BCUT2D eigenvalue weighted by molar-refractivity contribution is 7.80. The third kappa shape index (κ3) is 5.68. The Kier molecular flexibility index (Phi) is 7.25. The molecule has 186 valence electrons. The Morgan fingerprint density at radius 3 is 2.70 bits per heavy atom. The maximum Gasteiger partial charge on any atom is 0.230 e. The Balaban J connectivity index is 1.27. The molecule has 0 radical (unpaired) electrons. The third-order valence-corrected chi connectivity index (χ3v) is 7.02. The minimum Gasteiger partial charge on any atom is -0.453 e. The van der Waals surface area contributed by atoms with Crippen LogP contribution in [0.4, 0.5) is 10.1 Å². The summed E-state index contributed by atoms with van der Waals surface area (Å²) in [5, 5.41) is 6.55. The highest BCUT2D eigenvalue weighted by atomic mass is 32.1. The van der Waals surface area contributed by atoms with E-state index in [1.54, 1.807) is 23.6 Å². The van der Waals surface area contributed by atoms with Gasteiger partial charge in [-0.15, -0.1) is 11.3 Å². The first kappa shape index (κ1) is 24.6. The molecule has 0 fully saturated rings. The van der Waals surface area contributed by atoms with Crippen LogP contribution in [0.5, 0.6) is 11.5 Å². The largest absolute Gasteiger partial charge is 0.453 e. The number of imidazole rings is 1. The number of hydrogen-bond donors (Lipinski definition) is 2. The lowest BCUT2D eigenvalue weighted by Gasteiger charge is -2.12. The van der Waals surface area contributed by atoms with Gasteiger partial charge in [-0.1, -0.05) is 42.5 Å². The Morgan fingerprint density at radius 1 is 1.08 bits per heavy atom. The molecule has 9 heteroatoms. The van der Waals surface area contributed by atoms with Crippen LogP contribution in [0.1, 0.15) is 12.5 Å². The van der Waals surface area contributed by atoms with Crippen molar-refractivity contribution in [3.63, 3.8) is 0 Å². The van der Waals surface area contributed by atoms with Gasteiger partial charge in [0.05, 0.1) is 16.0 Å². The lowest BCUT2D eigenvalue weighted by atomic mass is 10.1. The standard InChI is InChI=1S/C28H23FN4O2S2/c1-2-33-14-13-30-27(33)24-16-19-9-6-10-23(26(19)37-24)35-22-12-11-20(17-21(22)29)31-28(36)32-25(34)15-18-7-4-3-5-8-18/h3-14,16-17H,2,15H2,1H3,(H2,31,32,34,36). The van der Waals surface area contributed by atoms with Crippen LogP contribution in [-0.2, 0) is 17.8 Å². The summed E-state index contributed by atoms with van der Waals surface area (Å²) >= 11 is 6.77. The van der Waals surface area contributed by atoms with Gasteiger partial charge < -0.3 is 19.9 Å². The van der Waals surface area contributed by atoms with Gasteiger partial charge in [-0.25, -0.2) is 9.37 Å². The second-order valence-electron chi connectivity index (χ2n) is 8.23. The van der Waals surface area contributed by atoms with E-state index >= 15 is 0 Å². The fourth-order valence-corrected chi connectivity index (χ4v) is 5.26. The molecule has 0 aliphatic carbocycles. The van der Waals surface area contributed by atoms with Gasteiger partial charge >= 0.3 is 0 Å². The summed E-state index contributed by atoms with van der Waals surface area (Å²) in [6.45, 7) is 2.89. The second kappa shape index (κ2) is 10.9. The van der Waals surface area contributed by atoms with Crippen molar-refractivity contribution >= 4 is 50.3 Å². The quantitative estimate of drug-likeness (QED) is 0.227. The Labute approximate surface area is 222 Å². The van der Waals surface area contributed by atoms with Crippen molar-refractivity contribution in [2.75, 3.05) is 5.32 Å². The first-order chi connectivity index (χ1) is 18.0. The van der Waals surface area contributed by atoms with Gasteiger partial charge in [0.2, 0.25) is 5.91 Å². The molecule has 0 aliphatic rings. The predicted molar refractivity (Wildman–Crippen MR) is 150 cm³/mol. The zero-order chi connectivity index (χ0) is 25.8. The van der Waals surface area contributed by atoms with Gasteiger partial charge in [0.1, 0.15) is 11.6 Å². The number of carbonyl (C=O) groups excluding carboxylic acids is 1. The number of carbonyl (C=O) groups is 1. The molecule has 5 aromatic rings. The van der Waals surface area contributed by atoms with Crippen molar-refractivity contribution in [1.29, 1.82) is 0 Å². The summed E-state index contributed by atoms with van der Waals surface area (Å²) in [5.41, 5.74) is 1.27. The summed E-state index contributed by atoms with van der Waals surface area (Å²) in [6, 6.07) is 21.6. The first-order valence-electron chi connectivity index (χ1n) is 11.7. The smallest absolute Gasteiger partial charge is 0.230 e. The average Bonchev–Trinajstić information content (AvgIpc) is 3.53. The SMILES string of the molecule is CCn1ccnc1-c1cc2cccc(Oc3ccc(NC(=S)NC(=O)Cc4ccccc4)cc3F)c2s1. The number of nitrogens with one attached hydrogen (secondary N) is 2. The fraction of sp³-hybridized carbons (Fsp3) is 0.107. The maximum absolute atomic E-state index is 15.0. The summed E-state index contributed by atoms with van der Waals surface area (Å²) in [5.74, 6) is 0.726. The number of ether oxygens (including phenoxy) is 1. The maximum atomic E-state index is 15.0. The van der Waals surface area contributed by atoms with Crippen LogP contribution in [0, 0.1) is 5.82 Å². The van der Waals surface area contributed by atoms with Crippen LogP contribution in [0.2, 0.25) is 0 Å². The molecular formula is C28H23FN4O2S2. The molecule has 0 atom stereocenters. The summed E-state index contributed by atoms with van der Waals surface area (Å²) in [6.07, 6.45) is 3.93. The first-order valence-corrected chi connectivity index (χ1v) is 12.9. The minimum absolute atomic E-state index is 0.0853. The Morgan fingerprint density at radius 2 is 1.92 bits per heavy atom. The van der Waals surface area contributed by atoms with Crippen LogP contribution in [-0.4, -0.2) is 20.6 Å². The molecule has 2 heterocycles. The number of fused-ring (bicyclic) bond motifs is 1. The number of benzene rings is 3. The van der Waals surface area contributed by atoms with E-state index in [1.165, 1.54) is 12.1 Å². The van der Waals surface area contributed by atoms with Crippen molar-refractivity contribution in [1.82, 2.24) is 14.9 Å². The number of rotatable bonds is 7. The molecule has 0 saturated carbocycles. The number of hydrogen-bond acceptors (Lipinski definition) is 5. The minimum atomic E-state index is -0.557. The molecule has 2 aromatic heterocycles. The number of anilines is 1. The van der Waals surface area contributed by atoms with Crippen LogP contribution in [0.25, 0.3) is 20.8 Å². The van der Waals surface area contributed by atoms with E-state index in [-0.39, 0.29) is 23.2 Å². The van der Waals surface area contributed by atoms with Crippen LogP contribution >= 0.6 is 23.6 Å². The van der Waals surface area contributed by atoms with Gasteiger partial charge in [-0.3, -0.25) is 4.79 Å². The number of aryl methyl sites for hydroxylation is 1. The number of amides is 1. The molecule has 2 N–H and O–H groups in total. The van der Waals surface area contributed by atoms with E-state index < -0.39 is 5.82 Å². The van der Waals surface area contributed by atoms with E-state index in [1.807, 2.05) is 54.7 Å². The highest BCUT2D eigenvalue weighted by Crippen LogP contribution is 2.40. The van der Waals surface area contributed by atoms with E-state index in [0.29, 0.717) is 11.4 Å².